The highest BCUT2D eigenvalue weighted by atomic mass is 19.4. The number of aromatic nitrogens is 4. The molecule has 1 aliphatic rings. The van der Waals surface area contributed by atoms with Crippen LogP contribution < -0.4 is 10.5 Å². The number of nitrogens with one attached hydrogen (secondary N) is 1. The molecular formula is C14H15F3N6O. The van der Waals surface area contributed by atoms with Crippen molar-refractivity contribution in [2.45, 2.75) is 6.18 Å². The van der Waals surface area contributed by atoms with Gasteiger partial charge in [0.15, 0.2) is 5.82 Å². The molecule has 2 aromatic rings. The van der Waals surface area contributed by atoms with Crippen molar-refractivity contribution in [3.8, 4) is 11.4 Å². The fourth-order valence-electron chi connectivity index (χ4n) is 2.46. The SMILES string of the molecule is CN1CCN(c2nnc(-c3ccc(=O)[nH]n3)cc2C(F)(F)F)CC1. The Bertz CT molecular complexity index is 762. The molecule has 24 heavy (non-hydrogen) atoms. The van der Waals surface area contributed by atoms with Crippen molar-refractivity contribution in [2.75, 3.05) is 38.1 Å². The summed E-state index contributed by atoms with van der Waals surface area (Å²) in [7, 11) is 1.92. The van der Waals surface area contributed by atoms with Crippen molar-refractivity contribution < 1.29 is 13.2 Å². The van der Waals surface area contributed by atoms with Crippen molar-refractivity contribution in [3.05, 3.63) is 34.1 Å². The van der Waals surface area contributed by atoms with Crippen LogP contribution in [-0.4, -0.2) is 58.5 Å². The quantitative estimate of drug-likeness (QED) is 0.879. The summed E-state index contributed by atoms with van der Waals surface area (Å²) in [6.07, 6.45) is -4.56. The predicted molar refractivity (Wildman–Crippen MR) is 80.6 cm³/mol. The van der Waals surface area contributed by atoms with Crippen LogP contribution in [0.2, 0.25) is 0 Å². The van der Waals surface area contributed by atoms with Crippen molar-refractivity contribution in [1.29, 1.82) is 0 Å². The summed E-state index contributed by atoms with van der Waals surface area (Å²) in [6, 6.07) is 3.39. The van der Waals surface area contributed by atoms with E-state index in [2.05, 4.69) is 20.4 Å². The number of anilines is 1. The van der Waals surface area contributed by atoms with E-state index in [0.717, 1.165) is 6.07 Å². The lowest BCUT2D eigenvalue weighted by molar-refractivity contribution is -0.137. The molecule has 0 spiro atoms. The first-order chi connectivity index (χ1) is 11.3. The van der Waals surface area contributed by atoms with Gasteiger partial charge < -0.3 is 9.80 Å². The first kappa shape index (κ1) is 16.4. The lowest BCUT2D eigenvalue weighted by atomic mass is 10.1. The normalized spacial score (nSPS) is 16.4. The van der Waals surface area contributed by atoms with Crippen LogP contribution in [0.5, 0.6) is 0 Å². The minimum atomic E-state index is -4.56. The van der Waals surface area contributed by atoms with Gasteiger partial charge >= 0.3 is 6.18 Å². The third kappa shape index (κ3) is 3.37. The zero-order valence-corrected chi connectivity index (χ0v) is 12.8. The molecule has 0 aromatic carbocycles. The molecule has 10 heteroatoms. The highest BCUT2D eigenvalue weighted by molar-refractivity contribution is 5.59. The van der Waals surface area contributed by atoms with E-state index < -0.39 is 17.3 Å². The van der Waals surface area contributed by atoms with E-state index in [1.54, 1.807) is 4.90 Å². The number of likely N-dealkylation sites (N-methyl/N-ethyl adjacent to an activating group) is 1. The van der Waals surface area contributed by atoms with E-state index in [1.807, 2.05) is 11.9 Å². The molecule has 0 aliphatic carbocycles. The van der Waals surface area contributed by atoms with E-state index in [9.17, 15) is 18.0 Å². The molecular weight excluding hydrogens is 325 g/mol. The fraction of sp³-hybridized carbons (Fsp3) is 0.429. The van der Waals surface area contributed by atoms with Gasteiger partial charge in [-0.05, 0) is 19.2 Å². The van der Waals surface area contributed by atoms with Crippen LogP contribution in [0.1, 0.15) is 5.56 Å². The van der Waals surface area contributed by atoms with Gasteiger partial charge in [-0.2, -0.15) is 18.3 Å². The van der Waals surface area contributed by atoms with E-state index >= 15 is 0 Å². The summed E-state index contributed by atoms with van der Waals surface area (Å²) >= 11 is 0. The highest BCUT2D eigenvalue weighted by Gasteiger charge is 2.37. The number of H-pyrrole nitrogens is 1. The number of nitrogens with zero attached hydrogens (tertiary/aromatic N) is 5. The summed E-state index contributed by atoms with van der Waals surface area (Å²) in [4.78, 5) is 14.6. The number of alkyl halides is 3. The lowest BCUT2D eigenvalue weighted by Gasteiger charge is -2.34. The minimum absolute atomic E-state index is 0.0450. The molecule has 1 fully saturated rings. The summed E-state index contributed by atoms with van der Waals surface area (Å²) in [5, 5.41) is 13.5. The van der Waals surface area contributed by atoms with Gasteiger partial charge in [-0.1, -0.05) is 0 Å². The fourth-order valence-corrected chi connectivity index (χ4v) is 2.46. The molecule has 0 amide bonds. The van der Waals surface area contributed by atoms with Gasteiger partial charge in [0.2, 0.25) is 0 Å². The van der Waals surface area contributed by atoms with E-state index in [4.69, 9.17) is 0 Å². The van der Waals surface area contributed by atoms with Crippen LogP contribution in [0.25, 0.3) is 11.4 Å². The Balaban J connectivity index is 2.01. The highest BCUT2D eigenvalue weighted by Crippen LogP contribution is 2.36. The Hall–Kier alpha value is -2.49. The van der Waals surface area contributed by atoms with E-state index in [0.29, 0.717) is 26.2 Å². The molecule has 1 saturated heterocycles. The summed E-state index contributed by atoms with van der Waals surface area (Å²) in [6.45, 7) is 2.21. The van der Waals surface area contributed by atoms with Crippen LogP contribution in [0.15, 0.2) is 23.0 Å². The number of rotatable bonds is 2. The van der Waals surface area contributed by atoms with Gasteiger partial charge in [-0.3, -0.25) is 4.79 Å². The molecule has 1 aliphatic heterocycles. The van der Waals surface area contributed by atoms with Gasteiger partial charge in [0.1, 0.15) is 17.0 Å². The van der Waals surface area contributed by atoms with Crippen molar-refractivity contribution in [1.82, 2.24) is 25.3 Å². The summed E-state index contributed by atoms with van der Waals surface area (Å²) < 4.78 is 40.4. The van der Waals surface area contributed by atoms with Gasteiger partial charge in [0.25, 0.3) is 5.56 Å². The standard InChI is InChI=1S/C14H15F3N6O/c1-22-4-6-23(7-5-22)13-9(14(15,16)17)8-11(19-21-13)10-2-3-12(24)20-18-10/h2-3,8H,4-7H2,1H3,(H,20,24). The maximum absolute atomic E-state index is 13.5. The van der Waals surface area contributed by atoms with Gasteiger partial charge in [-0.15, -0.1) is 10.2 Å². The Morgan fingerprint density at radius 1 is 1.08 bits per heavy atom. The molecule has 1 N–H and O–H groups in total. The molecule has 0 saturated carbocycles. The lowest BCUT2D eigenvalue weighted by Crippen LogP contribution is -2.45. The zero-order valence-electron chi connectivity index (χ0n) is 12.8. The average Bonchev–Trinajstić information content (AvgIpc) is 2.55. The van der Waals surface area contributed by atoms with Crippen molar-refractivity contribution in [3.63, 3.8) is 0 Å². The first-order valence-electron chi connectivity index (χ1n) is 7.29. The third-order valence-electron chi connectivity index (χ3n) is 3.82. The molecule has 3 rings (SSSR count). The van der Waals surface area contributed by atoms with Crippen molar-refractivity contribution >= 4 is 5.82 Å². The van der Waals surface area contributed by atoms with Crippen LogP contribution in [0, 0.1) is 0 Å². The monoisotopic (exact) mass is 340 g/mol. The van der Waals surface area contributed by atoms with E-state index in [1.165, 1.54) is 12.1 Å². The number of aromatic amines is 1. The molecule has 2 aromatic heterocycles. The molecule has 128 valence electrons. The number of piperazine rings is 1. The molecule has 7 nitrogen and oxygen atoms in total. The first-order valence-corrected chi connectivity index (χ1v) is 7.29. The second kappa shape index (κ2) is 6.19. The third-order valence-corrected chi connectivity index (χ3v) is 3.82. The number of hydrogen-bond donors (Lipinski definition) is 1. The molecule has 0 unspecified atom stereocenters. The van der Waals surface area contributed by atoms with Gasteiger partial charge in [0, 0.05) is 32.2 Å². The maximum atomic E-state index is 13.5. The van der Waals surface area contributed by atoms with Gasteiger partial charge in [0.05, 0.1) is 0 Å². The van der Waals surface area contributed by atoms with Crippen LogP contribution in [0.4, 0.5) is 19.0 Å². The van der Waals surface area contributed by atoms with Crippen LogP contribution in [-0.2, 0) is 6.18 Å². The minimum Gasteiger partial charge on any atom is -0.352 e. The van der Waals surface area contributed by atoms with E-state index in [-0.39, 0.29) is 17.2 Å². The topological polar surface area (TPSA) is 78.0 Å². The molecule has 0 atom stereocenters. The predicted octanol–water partition coefficient (Wildman–Crippen LogP) is 0.997. The summed E-state index contributed by atoms with van der Waals surface area (Å²) in [5.41, 5.74) is -1.23. The largest absolute Gasteiger partial charge is 0.420 e. The van der Waals surface area contributed by atoms with Crippen LogP contribution in [0.3, 0.4) is 0 Å². The Morgan fingerprint density at radius 2 is 1.79 bits per heavy atom. The smallest absolute Gasteiger partial charge is 0.352 e. The second-order valence-corrected chi connectivity index (χ2v) is 5.56. The van der Waals surface area contributed by atoms with Gasteiger partial charge in [-0.25, -0.2) is 5.10 Å². The molecule has 0 bridgehead atoms. The Labute approximate surface area is 135 Å². The summed E-state index contributed by atoms with van der Waals surface area (Å²) in [5.74, 6) is -0.177. The maximum Gasteiger partial charge on any atom is 0.420 e. The average molecular weight is 340 g/mol. The number of halogens is 3. The van der Waals surface area contributed by atoms with Crippen LogP contribution >= 0.6 is 0 Å². The number of hydrogen-bond acceptors (Lipinski definition) is 6. The second-order valence-electron chi connectivity index (χ2n) is 5.56. The molecule has 0 radical (unpaired) electrons. The van der Waals surface area contributed by atoms with Crippen molar-refractivity contribution in [2.24, 2.45) is 0 Å². The Morgan fingerprint density at radius 3 is 2.38 bits per heavy atom. The zero-order chi connectivity index (χ0) is 17.3. The Kier molecular flexibility index (Phi) is 4.22. The molecule has 3 heterocycles.